The van der Waals surface area contributed by atoms with Crippen molar-refractivity contribution in [2.24, 2.45) is 0 Å². The van der Waals surface area contributed by atoms with Gasteiger partial charge in [-0.1, -0.05) is 0 Å². The normalized spacial score (nSPS) is 10.4. The van der Waals surface area contributed by atoms with Crippen molar-refractivity contribution >= 4 is 23.0 Å². The highest BCUT2D eigenvalue weighted by molar-refractivity contribution is 7.07. The lowest BCUT2D eigenvalue weighted by Crippen LogP contribution is -2.36. The van der Waals surface area contributed by atoms with Crippen LogP contribution in [0.1, 0.15) is 22.8 Å². The van der Waals surface area contributed by atoms with E-state index in [0.29, 0.717) is 31.0 Å². The lowest BCUT2D eigenvalue weighted by molar-refractivity contribution is -0.134. The number of amides is 1. The van der Waals surface area contributed by atoms with E-state index in [2.05, 4.69) is 0 Å². The second kappa shape index (κ2) is 9.20. The summed E-state index contributed by atoms with van der Waals surface area (Å²) in [5.74, 6) is 0.462. The Kier molecular flexibility index (Phi) is 6.96. The van der Waals surface area contributed by atoms with Crippen LogP contribution >= 0.6 is 11.3 Å². The van der Waals surface area contributed by atoms with E-state index in [1.165, 1.54) is 6.92 Å². The summed E-state index contributed by atoms with van der Waals surface area (Å²) in [4.78, 5) is 25.4. The number of hydrogen-bond acceptors (Lipinski definition) is 5. The van der Waals surface area contributed by atoms with Crippen molar-refractivity contribution in [2.75, 3.05) is 26.9 Å². The number of methoxy groups -OCH3 is 1. The Hall–Kier alpha value is -2.18. The first kappa shape index (κ1) is 18.2. The van der Waals surface area contributed by atoms with E-state index in [4.69, 9.17) is 9.47 Å². The van der Waals surface area contributed by atoms with Crippen LogP contribution in [0.25, 0.3) is 0 Å². The maximum absolute atomic E-state index is 12.4. The first-order valence-corrected chi connectivity index (χ1v) is 8.56. The van der Waals surface area contributed by atoms with Gasteiger partial charge in [0, 0.05) is 25.8 Å². The number of rotatable bonds is 9. The van der Waals surface area contributed by atoms with Crippen molar-refractivity contribution in [2.45, 2.75) is 13.5 Å². The van der Waals surface area contributed by atoms with Crippen molar-refractivity contribution < 1.29 is 19.1 Å². The monoisotopic (exact) mass is 347 g/mol. The third kappa shape index (κ3) is 5.47. The quantitative estimate of drug-likeness (QED) is 0.654. The van der Waals surface area contributed by atoms with Gasteiger partial charge in [-0.2, -0.15) is 11.3 Å². The Morgan fingerprint density at radius 3 is 2.50 bits per heavy atom. The number of benzene rings is 1. The molecule has 1 amide bonds. The number of Topliss-reactive ketones (excluding diaryl/α,β-unsaturated/α-hetero) is 1. The number of ketones is 1. The highest BCUT2D eigenvalue weighted by atomic mass is 32.1. The van der Waals surface area contributed by atoms with E-state index in [0.717, 1.165) is 5.56 Å². The van der Waals surface area contributed by atoms with Crippen LogP contribution in [-0.4, -0.2) is 43.5 Å². The maximum Gasteiger partial charge on any atom is 0.260 e. The molecule has 0 N–H and O–H groups in total. The first-order valence-electron chi connectivity index (χ1n) is 7.61. The van der Waals surface area contributed by atoms with Crippen LogP contribution in [-0.2, 0) is 16.1 Å². The molecule has 0 aliphatic rings. The topological polar surface area (TPSA) is 55.8 Å². The highest BCUT2D eigenvalue weighted by Crippen LogP contribution is 2.14. The van der Waals surface area contributed by atoms with Gasteiger partial charge in [-0.3, -0.25) is 9.59 Å². The summed E-state index contributed by atoms with van der Waals surface area (Å²) in [6.07, 6.45) is 0. The molecule has 1 aromatic heterocycles. The summed E-state index contributed by atoms with van der Waals surface area (Å²) in [5, 5.41) is 4.01. The van der Waals surface area contributed by atoms with Crippen LogP contribution in [0.15, 0.2) is 41.1 Å². The van der Waals surface area contributed by atoms with E-state index < -0.39 is 0 Å². The average molecular weight is 347 g/mol. The van der Waals surface area contributed by atoms with Gasteiger partial charge in [0.05, 0.1) is 6.61 Å². The van der Waals surface area contributed by atoms with E-state index in [1.807, 2.05) is 16.8 Å². The molecule has 5 nitrogen and oxygen atoms in total. The molecular formula is C18H21NO4S. The third-order valence-electron chi connectivity index (χ3n) is 3.49. The molecule has 0 saturated heterocycles. The minimum atomic E-state index is -0.103. The largest absolute Gasteiger partial charge is 0.484 e. The van der Waals surface area contributed by atoms with Crippen LogP contribution in [0.4, 0.5) is 0 Å². The molecule has 0 saturated carbocycles. The lowest BCUT2D eigenvalue weighted by atomic mass is 10.1. The Morgan fingerprint density at radius 1 is 1.17 bits per heavy atom. The second-order valence-corrected chi connectivity index (χ2v) is 6.09. The second-order valence-electron chi connectivity index (χ2n) is 5.31. The molecule has 24 heavy (non-hydrogen) atoms. The van der Waals surface area contributed by atoms with Crippen molar-refractivity contribution in [3.63, 3.8) is 0 Å². The Labute approximate surface area is 145 Å². The van der Waals surface area contributed by atoms with Gasteiger partial charge >= 0.3 is 0 Å². The lowest BCUT2D eigenvalue weighted by Gasteiger charge is -2.22. The van der Waals surface area contributed by atoms with Gasteiger partial charge in [0.2, 0.25) is 0 Å². The fourth-order valence-electron chi connectivity index (χ4n) is 2.12. The molecule has 0 atom stereocenters. The molecule has 0 fully saturated rings. The number of carbonyl (C=O) groups excluding carboxylic acids is 2. The predicted molar refractivity (Wildman–Crippen MR) is 93.6 cm³/mol. The molecule has 6 heteroatoms. The molecule has 2 rings (SSSR count). The molecule has 0 bridgehead atoms. The Bertz CT molecular complexity index is 652. The zero-order valence-electron chi connectivity index (χ0n) is 13.9. The zero-order chi connectivity index (χ0) is 17.4. The van der Waals surface area contributed by atoms with Gasteiger partial charge in [-0.15, -0.1) is 0 Å². The molecule has 0 radical (unpaired) electrons. The Morgan fingerprint density at radius 2 is 1.92 bits per heavy atom. The average Bonchev–Trinajstić information content (AvgIpc) is 3.10. The predicted octanol–water partition coefficient (Wildman–Crippen LogP) is 3.00. The number of ether oxygens (including phenoxy) is 2. The van der Waals surface area contributed by atoms with Crippen molar-refractivity contribution in [1.82, 2.24) is 4.90 Å². The minimum Gasteiger partial charge on any atom is -0.484 e. The van der Waals surface area contributed by atoms with Crippen LogP contribution in [0, 0.1) is 0 Å². The number of nitrogens with zero attached hydrogens (tertiary/aromatic N) is 1. The summed E-state index contributed by atoms with van der Waals surface area (Å²) in [7, 11) is 1.61. The fourth-order valence-corrected chi connectivity index (χ4v) is 2.78. The maximum atomic E-state index is 12.4. The van der Waals surface area contributed by atoms with Crippen molar-refractivity contribution in [3.8, 4) is 5.75 Å². The van der Waals surface area contributed by atoms with E-state index in [1.54, 1.807) is 47.6 Å². The summed E-state index contributed by atoms with van der Waals surface area (Å²) in [5.41, 5.74) is 1.71. The highest BCUT2D eigenvalue weighted by Gasteiger charge is 2.15. The third-order valence-corrected chi connectivity index (χ3v) is 4.23. The summed E-state index contributed by atoms with van der Waals surface area (Å²) in [6, 6.07) is 8.77. The van der Waals surface area contributed by atoms with Crippen LogP contribution < -0.4 is 4.74 Å². The molecule has 0 aliphatic carbocycles. The van der Waals surface area contributed by atoms with Gasteiger partial charge in [0.15, 0.2) is 12.4 Å². The van der Waals surface area contributed by atoms with Crippen LogP contribution in [0.3, 0.4) is 0 Å². The molecule has 2 aromatic rings. The van der Waals surface area contributed by atoms with E-state index in [-0.39, 0.29) is 18.3 Å². The summed E-state index contributed by atoms with van der Waals surface area (Å²) in [6.45, 7) is 2.99. The SMILES string of the molecule is COCCN(Cc1ccsc1)C(=O)COc1ccc(C(C)=O)cc1. The van der Waals surface area contributed by atoms with Gasteiger partial charge in [0.25, 0.3) is 5.91 Å². The van der Waals surface area contributed by atoms with Gasteiger partial charge in [0.1, 0.15) is 5.75 Å². The van der Waals surface area contributed by atoms with Gasteiger partial charge in [-0.25, -0.2) is 0 Å². The summed E-state index contributed by atoms with van der Waals surface area (Å²) >= 11 is 1.60. The van der Waals surface area contributed by atoms with E-state index in [9.17, 15) is 9.59 Å². The van der Waals surface area contributed by atoms with Gasteiger partial charge in [-0.05, 0) is 53.6 Å². The molecule has 0 spiro atoms. The summed E-state index contributed by atoms with van der Waals surface area (Å²) < 4.78 is 10.6. The smallest absolute Gasteiger partial charge is 0.260 e. The molecule has 0 aliphatic heterocycles. The number of thiophene rings is 1. The van der Waals surface area contributed by atoms with Crippen LogP contribution in [0.2, 0.25) is 0 Å². The van der Waals surface area contributed by atoms with Crippen molar-refractivity contribution in [1.29, 1.82) is 0 Å². The Balaban J connectivity index is 1.92. The number of hydrogen-bond donors (Lipinski definition) is 0. The van der Waals surface area contributed by atoms with Crippen molar-refractivity contribution in [3.05, 3.63) is 52.2 Å². The molecule has 1 heterocycles. The molecule has 128 valence electrons. The first-order chi connectivity index (χ1) is 11.6. The fraction of sp³-hybridized carbons (Fsp3) is 0.333. The van der Waals surface area contributed by atoms with Crippen LogP contribution in [0.5, 0.6) is 5.75 Å². The molecule has 0 unspecified atom stereocenters. The van der Waals surface area contributed by atoms with E-state index >= 15 is 0 Å². The number of carbonyl (C=O) groups is 2. The van der Waals surface area contributed by atoms with Gasteiger partial charge < -0.3 is 14.4 Å². The minimum absolute atomic E-state index is 0.000805. The standard InChI is InChI=1S/C18H21NO4S/c1-14(20)16-3-5-17(6-4-16)23-12-18(21)19(8-9-22-2)11-15-7-10-24-13-15/h3-7,10,13H,8-9,11-12H2,1-2H3. The zero-order valence-corrected chi connectivity index (χ0v) is 14.7. The molecular weight excluding hydrogens is 326 g/mol. The molecule has 1 aromatic carbocycles.